The average molecular weight is 446 g/mol. The SMILES string of the molecule is CC1(C)CNc2cc(C(=O)Nc3ccc(OC(F)(F)Cl)cc3)cc(Br)c21. The third-order valence-electron chi connectivity index (χ3n) is 4.10. The summed E-state index contributed by atoms with van der Waals surface area (Å²) in [5, 5.41) is 6.03. The van der Waals surface area contributed by atoms with E-state index in [0.717, 1.165) is 22.3 Å². The van der Waals surface area contributed by atoms with Gasteiger partial charge in [0.1, 0.15) is 5.75 Å². The molecular weight excluding hydrogens is 430 g/mol. The Labute approximate surface area is 163 Å². The van der Waals surface area contributed by atoms with E-state index in [4.69, 9.17) is 11.6 Å². The molecule has 1 aliphatic rings. The number of rotatable bonds is 4. The third kappa shape index (κ3) is 4.10. The van der Waals surface area contributed by atoms with Crippen LogP contribution in [-0.2, 0) is 5.41 Å². The van der Waals surface area contributed by atoms with E-state index in [-0.39, 0.29) is 17.1 Å². The molecule has 8 heteroatoms. The molecule has 3 rings (SSSR count). The highest BCUT2D eigenvalue weighted by Crippen LogP contribution is 2.41. The van der Waals surface area contributed by atoms with Gasteiger partial charge in [0.15, 0.2) is 0 Å². The van der Waals surface area contributed by atoms with Crippen LogP contribution in [0.2, 0.25) is 0 Å². The fourth-order valence-corrected chi connectivity index (χ4v) is 4.00. The number of carbonyl (C=O) groups is 1. The molecule has 0 spiro atoms. The molecule has 0 fully saturated rings. The summed E-state index contributed by atoms with van der Waals surface area (Å²) in [6, 6.07) is 9.09. The average Bonchev–Trinajstić information content (AvgIpc) is 2.83. The predicted molar refractivity (Wildman–Crippen MR) is 101 cm³/mol. The van der Waals surface area contributed by atoms with Crippen LogP contribution < -0.4 is 15.4 Å². The summed E-state index contributed by atoms with van der Waals surface area (Å²) in [6.45, 7) is 5.05. The Morgan fingerprint density at radius 2 is 1.96 bits per heavy atom. The molecule has 4 nitrogen and oxygen atoms in total. The van der Waals surface area contributed by atoms with E-state index in [2.05, 4.69) is 45.1 Å². The highest BCUT2D eigenvalue weighted by atomic mass is 79.9. The van der Waals surface area contributed by atoms with Gasteiger partial charge in [-0.25, -0.2) is 0 Å². The van der Waals surface area contributed by atoms with E-state index in [9.17, 15) is 13.6 Å². The Bertz CT molecular complexity index is 852. The monoisotopic (exact) mass is 444 g/mol. The number of benzene rings is 2. The first-order valence-corrected chi connectivity index (χ1v) is 8.97. The minimum atomic E-state index is -3.78. The van der Waals surface area contributed by atoms with Crippen molar-refractivity contribution in [3.05, 3.63) is 52.0 Å². The van der Waals surface area contributed by atoms with Crippen molar-refractivity contribution in [3.63, 3.8) is 0 Å². The second-order valence-corrected chi connectivity index (χ2v) is 7.94. The second-order valence-electron chi connectivity index (χ2n) is 6.64. The van der Waals surface area contributed by atoms with Crippen molar-refractivity contribution in [2.24, 2.45) is 0 Å². The van der Waals surface area contributed by atoms with Gasteiger partial charge >= 0.3 is 5.57 Å². The number of ether oxygens (including phenoxy) is 1. The van der Waals surface area contributed by atoms with Gasteiger partial charge in [0.05, 0.1) is 0 Å². The normalized spacial score (nSPS) is 15.2. The van der Waals surface area contributed by atoms with Gasteiger partial charge in [0.2, 0.25) is 0 Å². The fraction of sp³-hybridized carbons (Fsp3) is 0.278. The first kappa shape index (κ1) is 18.9. The number of hydrogen-bond acceptors (Lipinski definition) is 3. The van der Waals surface area contributed by atoms with E-state index in [1.165, 1.54) is 24.3 Å². The highest BCUT2D eigenvalue weighted by Gasteiger charge is 2.32. The van der Waals surface area contributed by atoms with Gasteiger partial charge in [-0.2, -0.15) is 0 Å². The van der Waals surface area contributed by atoms with E-state index in [0.29, 0.717) is 11.3 Å². The summed E-state index contributed by atoms with van der Waals surface area (Å²) in [6.07, 6.45) is 0. The van der Waals surface area contributed by atoms with Crippen LogP contribution in [0, 0.1) is 0 Å². The number of alkyl halides is 3. The van der Waals surface area contributed by atoms with Crippen LogP contribution in [0.4, 0.5) is 20.2 Å². The first-order chi connectivity index (χ1) is 12.0. The molecule has 0 atom stereocenters. The molecule has 0 aliphatic carbocycles. The lowest BCUT2D eigenvalue weighted by atomic mass is 9.86. The molecule has 1 amide bonds. The maximum atomic E-state index is 12.6. The Hall–Kier alpha value is -1.86. The van der Waals surface area contributed by atoms with E-state index in [1.807, 2.05) is 0 Å². The van der Waals surface area contributed by atoms with Crippen LogP contribution in [0.3, 0.4) is 0 Å². The standard InChI is InChI=1S/C18H16BrClF2N2O2/c1-17(2)9-23-14-8-10(7-13(19)15(14)17)16(25)24-11-3-5-12(6-4-11)26-18(20,21)22/h3-8,23H,9H2,1-2H3,(H,24,25). The molecular formula is C18H16BrClF2N2O2. The number of halogens is 4. The van der Waals surface area contributed by atoms with E-state index in [1.54, 1.807) is 12.1 Å². The topological polar surface area (TPSA) is 50.4 Å². The molecule has 0 bridgehead atoms. The van der Waals surface area contributed by atoms with Crippen molar-refractivity contribution in [1.29, 1.82) is 0 Å². The zero-order chi connectivity index (χ0) is 19.1. The molecule has 0 radical (unpaired) electrons. The number of nitrogens with one attached hydrogen (secondary N) is 2. The predicted octanol–water partition coefficient (Wildman–Crippen LogP) is 5.57. The summed E-state index contributed by atoms with van der Waals surface area (Å²) in [4.78, 5) is 12.5. The minimum absolute atomic E-state index is 0.0243. The molecule has 0 saturated heterocycles. The van der Waals surface area contributed by atoms with Crippen LogP contribution in [0.5, 0.6) is 5.75 Å². The van der Waals surface area contributed by atoms with Gasteiger partial charge in [-0.3, -0.25) is 4.79 Å². The third-order valence-corrected chi connectivity index (χ3v) is 4.80. The first-order valence-electron chi connectivity index (χ1n) is 7.80. The van der Waals surface area contributed by atoms with Gasteiger partial charge in [0, 0.05) is 45.0 Å². The highest BCUT2D eigenvalue weighted by molar-refractivity contribution is 9.10. The number of carbonyl (C=O) groups excluding carboxylic acids is 1. The molecule has 0 unspecified atom stereocenters. The van der Waals surface area contributed by atoms with E-state index < -0.39 is 5.57 Å². The van der Waals surface area contributed by atoms with Gasteiger partial charge in [0.25, 0.3) is 5.91 Å². The zero-order valence-electron chi connectivity index (χ0n) is 14.0. The van der Waals surface area contributed by atoms with Crippen LogP contribution >= 0.6 is 27.5 Å². The Balaban J connectivity index is 1.76. The zero-order valence-corrected chi connectivity index (χ0v) is 16.3. The Kier molecular flexibility index (Phi) is 4.88. The van der Waals surface area contributed by atoms with Crippen LogP contribution in [0.15, 0.2) is 40.9 Å². The number of amides is 1. The van der Waals surface area contributed by atoms with Crippen LogP contribution in [-0.4, -0.2) is 18.0 Å². The van der Waals surface area contributed by atoms with Gasteiger partial charge in [-0.05, 0) is 42.0 Å². The largest absolute Gasteiger partial charge is 0.487 e. The van der Waals surface area contributed by atoms with Gasteiger partial charge in [-0.15, -0.1) is 8.78 Å². The summed E-state index contributed by atoms with van der Waals surface area (Å²) in [5.41, 5.74) is -0.815. The van der Waals surface area contributed by atoms with Gasteiger partial charge in [-0.1, -0.05) is 29.8 Å². The van der Waals surface area contributed by atoms with E-state index >= 15 is 0 Å². The number of fused-ring (bicyclic) bond motifs is 1. The van der Waals surface area contributed by atoms with Crippen LogP contribution in [0.1, 0.15) is 29.8 Å². The number of hydrogen-bond donors (Lipinski definition) is 2. The maximum absolute atomic E-state index is 12.6. The van der Waals surface area contributed by atoms with Crippen molar-refractivity contribution in [3.8, 4) is 5.75 Å². The Morgan fingerprint density at radius 1 is 1.31 bits per heavy atom. The minimum Gasteiger partial charge on any atom is -0.420 e. The fourth-order valence-electron chi connectivity index (χ4n) is 2.91. The summed E-state index contributed by atoms with van der Waals surface area (Å²) >= 11 is 8.26. The second kappa shape index (κ2) is 6.70. The van der Waals surface area contributed by atoms with Crippen molar-refractivity contribution >= 4 is 44.8 Å². The van der Waals surface area contributed by atoms with Gasteiger partial charge < -0.3 is 15.4 Å². The lowest BCUT2D eigenvalue weighted by Crippen LogP contribution is -2.19. The molecule has 0 saturated carbocycles. The summed E-state index contributed by atoms with van der Waals surface area (Å²) in [5.74, 6) is -0.411. The lowest BCUT2D eigenvalue weighted by Gasteiger charge is -2.19. The molecule has 138 valence electrons. The van der Waals surface area contributed by atoms with Crippen molar-refractivity contribution in [1.82, 2.24) is 0 Å². The number of anilines is 2. The summed E-state index contributed by atoms with van der Waals surface area (Å²) < 4.78 is 30.3. The van der Waals surface area contributed by atoms with Crippen molar-refractivity contribution in [2.45, 2.75) is 24.8 Å². The molecule has 2 aromatic rings. The lowest BCUT2D eigenvalue weighted by molar-refractivity contribution is -0.0964. The van der Waals surface area contributed by atoms with Crippen molar-refractivity contribution < 1.29 is 18.3 Å². The maximum Gasteiger partial charge on any atom is 0.487 e. The molecule has 2 N–H and O–H groups in total. The molecule has 1 heterocycles. The molecule has 26 heavy (non-hydrogen) atoms. The van der Waals surface area contributed by atoms with Crippen molar-refractivity contribution in [2.75, 3.05) is 17.2 Å². The quantitative estimate of drug-likeness (QED) is 0.605. The Morgan fingerprint density at radius 3 is 2.58 bits per heavy atom. The molecule has 2 aromatic carbocycles. The smallest absolute Gasteiger partial charge is 0.420 e. The molecule has 0 aromatic heterocycles. The molecule has 1 aliphatic heterocycles. The summed E-state index contributed by atoms with van der Waals surface area (Å²) in [7, 11) is 0. The van der Waals surface area contributed by atoms with Crippen LogP contribution in [0.25, 0.3) is 0 Å².